The number of urea groups is 1. The highest BCUT2D eigenvalue weighted by Gasteiger charge is 2.27. The highest BCUT2D eigenvalue weighted by atomic mass is 32.1. The van der Waals surface area contributed by atoms with Gasteiger partial charge in [0.05, 0.1) is 34.0 Å². The van der Waals surface area contributed by atoms with Gasteiger partial charge < -0.3 is 30.6 Å². The Bertz CT molecular complexity index is 1800. The van der Waals surface area contributed by atoms with E-state index in [9.17, 15) is 14.4 Å². The Kier molecular flexibility index (Phi) is 14.3. The number of hydrogen-bond acceptors (Lipinski definition) is 9. The fraction of sp³-hybridized carbons (Fsp3) is 0.368. The molecule has 274 valence electrons. The minimum Gasteiger partial charge on any atom is -0.444 e. The molecule has 3 atom stereocenters. The average molecular weight is 743 g/mol. The molecule has 5 aromatic rings. The van der Waals surface area contributed by atoms with Crippen LogP contribution < -0.4 is 16.0 Å². The standard InChI is InChI=1S/C38H46N8O4S2/c1-26(2)36-41-21-32(52-36)22-46(3)37(48)45-34(18-31-19-39-24-42-31)35(47)43-29(16-27-10-6-4-7-11-27)14-15-30(17-28-12-8-5-9-13-28)44-38(49)50-23-33-20-40-25-51-33/h4-13,19-21,24-26,29-30,34H,14-18,22-23H2,1-3H3,(H,39,42)(H,43,47)(H,44,49)(H,45,48)/t29-,30-,34-/m0/s1. The molecule has 0 aliphatic heterocycles. The SMILES string of the molecule is CC(C)c1ncc(CN(C)C(=O)N[C@@H](Cc2c[nH]cn2)C(=O)N[C@@H](CC[C@@H](Cc2ccccc2)NC(=O)OCc2cncs2)Cc2ccccc2)s1. The summed E-state index contributed by atoms with van der Waals surface area (Å²) in [4.78, 5) is 59.6. The lowest BCUT2D eigenvalue weighted by atomic mass is 9.95. The summed E-state index contributed by atoms with van der Waals surface area (Å²) in [6, 6.07) is 18.1. The number of thiazole rings is 2. The first-order valence-corrected chi connectivity index (χ1v) is 19.0. The fourth-order valence-electron chi connectivity index (χ4n) is 5.66. The third-order valence-corrected chi connectivity index (χ3v) is 10.4. The summed E-state index contributed by atoms with van der Waals surface area (Å²) >= 11 is 3.00. The number of aromatic nitrogens is 4. The van der Waals surface area contributed by atoms with Crippen LogP contribution in [0.1, 0.15) is 64.2 Å². The predicted octanol–water partition coefficient (Wildman–Crippen LogP) is 6.24. The molecule has 0 spiro atoms. The topological polar surface area (TPSA) is 154 Å². The van der Waals surface area contributed by atoms with Crippen molar-refractivity contribution in [2.45, 2.75) is 83.1 Å². The summed E-state index contributed by atoms with van der Waals surface area (Å²) < 4.78 is 5.50. The maximum atomic E-state index is 14.1. The fourth-order valence-corrected chi connectivity index (χ4v) is 7.14. The Morgan fingerprint density at radius 2 is 1.52 bits per heavy atom. The maximum Gasteiger partial charge on any atom is 0.407 e. The first-order valence-electron chi connectivity index (χ1n) is 17.3. The highest BCUT2D eigenvalue weighted by Crippen LogP contribution is 2.22. The number of carbonyl (C=O) groups is 3. The monoisotopic (exact) mass is 742 g/mol. The van der Waals surface area contributed by atoms with Gasteiger partial charge in [0.1, 0.15) is 12.6 Å². The predicted molar refractivity (Wildman–Crippen MR) is 203 cm³/mol. The zero-order valence-electron chi connectivity index (χ0n) is 29.7. The minimum atomic E-state index is -0.885. The lowest BCUT2D eigenvalue weighted by Gasteiger charge is -2.27. The Morgan fingerprint density at radius 3 is 2.10 bits per heavy atom. The van der Waals surface area contributed by atoms with Gasteiger partial charge in [-0.05, 0) is 36.8 Å². The molecule has 2 aromatic carbocycles. The van der Waals surface area contributed by atoms with Crippen LogP contribution in [0.5, 0.6) is 0 Å². The van der Waals surface area contributed by atoms with Crippen LogP contribution in [0.3, 0.4) is 0 Å². The van der Waals surface area contributed by atoms with Gasteiger partial charge in [-0.15, -0.1) is 22.7 Å². The molecule has 3 aromatic heterocycles. The van der Waals surface area contributed by atoms with Gasteiger partial charge in [0.15, 0.2) is 0 Å². The molecule has 3 heterocycles. The molecule has 4 amide bonds. The molecular weight excluding hydrogens is 697 g/mol. The molecule has 0 fully saturated rings. The Balaban J connectivity index is 1.28. The number of hydrogen-bond donors (Lipinski definition) is 4. The second kappa shape index (κ2) is 19.5. The van der Waals surface area contributed by atoms with Gasteiger partial charge in [0.2, 0.25) is 5.91 Å². The van der Waals surface area contributed by atoms with Crippen LogP contribution in [-0.4, -0.2) is 68.0 Å². The minimum absolute atomic E-state index is 0.142. The largest absolute Gasteiger partial charge is 0.444 e. The number of alkyl carbamates (subject to hydrolysis) is 1. The first kappa shape index (κ1) is 38.2. The van der Waals surface area contributed by atoms with E-state index in [1.54, 1.807) is 53.7 Å². The lowest BCUT2D eigenvalue weighted by molar-refractivity contribution is -0.123. The van der Waals surface area contributed by atoms with Crippen LogP contribution in [0.25, 0.3) is 0 Å². The normalized spacial score (nSPS) is 12.8. The molecule has 0 saturated heterocycles. The number of carbonyl (C=O) groups excluding carboxylic acids is 3. The molecular formula is C38H46N8O4S2. The molecule has 5 rings (SSSR count). The summed E-state index contributed by atoms with van der Waals surface area (Å²) in [7, 11) is 1.70. The van der Waals surface area contributed by atoms with E-state index in [-0.39, 0.29) is 37.0 Å². The zero-order valence-corrected chi connectivity index (χ0v) is 31.3. The lowest BCUT2D eigenvalue weighted by Crippen LogP contribution is -2.53. The molecule has 52 heavy (non-hydrogen) atoms. The van der Waals surface area contributed by atoms with Crippen LogP contribution in [0.15, 0.2) is 91.1 Å². The van der Waals surface area contributed by atoms with Crippen molar-refractivity contribution in [3.8, 4) is 0 Å². The Labute approximate surface area is 312 Å². The van der Waals surface area contributed by atoms with E-state index in [0.29, 0.717) is 43.8 Å². The van der Waals surface area contributed by atoms with Crippen molar-refractivity contribution in [3.05, 3.63) is 123 Å². The molecule has 0 aliphatic carbocycles. The summed E-state index contributed by atoms with van der Waals surface area (Å²) in [5, 5.41) is 10.3. The van der Waals surface area contributed by atoms with Crippen LogP contribution >= 0.6 is 22.7 Å². The number of H-pyrrole nitrogens is 1. The van der Waals surface area contributed by atoms with E-state index in [4.69, 9.17) is 4.74 Å². The summed E-state index contributed by atoms with van der Waals surface area (Å²) in [5.74, 6) is -0.0156. The Morgan fingerprint density at radius 1 is 0.846 bits per heavy atom. The van der Waals surface area contributed by atoms with Gasteiger partial charge in [-0.1, -0.05) is 74.5 Å². The average Bonchev–Trinajstić information content (AvgIpc) is 3.95. The van der Waals surface area contributed by atoms with Crippen LogP contribution in [-0.2, 0) is 41.9 Å². The quantitative estimate of drug-likeness (QED) is 0.0829. The number of rotatable bonds is 18. The maximum absolute atomic E-state index is 14.1. The van der Waals surface area contributed by atoms with Crippen molar-refractivity contribution < 1.29 is 19.1 Å². The van der Waals surface area contributed by atoms with Crippen molar-refractivity contribution >= 4 is 40.7 Å². The summed E-state index contributed by atoms with van der Waals surface area (Å²) in [6.07, 6.45) is 8.71. The second-order valence-corrected chi connectivity index (χ2v) is 15.1. The summed E-state index contributed by atoms with van der Waals surface area (Å²) in [6.45, 7) is 4.68. The smallest absolute Gasteiger partial charge is 0.407 e. The number of nitrogens with one attached hydrogen (secondary N) is 4. The number of benzene rings is 2. The van der Waals surface area contributed by atoms with Gasteiger partial charge in [-0.2, -0.15) is 0 Å². The van der Waals surface area contributed by atoms with E-state index in [0.717, 1.165) is 25.9 Å². The first-order chi connectivity index (χ1) is 25.2. The van der Waals surface area contributed by atoms with E-state index in [1.165, 1.54) is 11.3 Å². The Hall–Kier alpha value is -5.08. The van der Waals surface area contributed by atoms with Crippen molar-refractivity contribution in [1.29, 1.82) is 0 Å². The van der Waals surface area contributed by atoms with Crippen LogP contribution in [0.4, 0.5) is 9.59 Å². The number of nitrogens with zero attached hydrogens (tertiary/aromatic N) is 4. The molecule has 0 saturated carbocycles. The molecule has 0 unspecified atom stereocenters. The third-order valence-electron chi connectivity index (χ3n) is 8.40. The molecule has 0 bridgehead atoms. The number of ether oxygens (including phenoxy) is 1. The number of aromatic amines is 1. The van der Waals surface area contributed by atoms with E-state index < -0.39 is 12.1 Å². The van der Waals surface area contributed by atoms with Gasteiger partial charge in [0.25, 0.3) is 0 Å². The molecule has 0 radical (unpaired) electrons. The van der Waals surface area contributed by atoms with Crippen molar-refractivity contribution in [1.82, 2.24) is 40.8 Å². The van der Waals surface area contributed by atoms with Gasteiger partial charge in [-0.3, -0.25) is 9.78 Å². The highest BCUT2D eigenvalue weighted by molar-refractivity contribution is 7.11. The summed E-state index contributed by atoms with van der Waals surface area (Å²) in [5.41, 5.74) is 4.48. The van der Waals surface area contributed by atoms with Crippen molar-refractivity contribution in [2.75, 3.05) is 7.05 Å². The van der Waals surface area contributed by atoms with Gasteiger partial charge in [0, 0.05) is 54.9 Å². The van der Waals surface area contributed by atoms with E-state index >= 15 is 0 Å². The van der Waals surface area contributed by atoms with Crippen LogP contribution in [0, 0.1) is 0 Å². The van der Waals surface area contributed by atoms with E-state index in [2.05, 4.69) is 49.7 Å². The molecule has 4 N–H and O–H groups in total. The molecule has 12 nitrogen and oxygen atoms in total. The molecule has 0 aliphatic rings. The second-order valence-electron chi connectivity index (χ2n) is 13.0. The number of imidazole rings is 1. The van der Waals surface area contributed by atoms with Gasteiger partial charge in [-0.25, -0.2) is 19.6 Å². The zero-order chi connectivity index (χ0) is 36.7. The van der Waals surface area contributed by atoms with Crippen molar-refractivity contribution in [2.24, 2.45) is 0 Å². The van der Waals surface area contributed by atoms with Gasteiger partial charge >= 0.3 is 12.1 Å². The van der Waals surface area contributed by atoms with Crippen LogP contribution in [0.2, 0.25) is 0 Å². The number of amides is 4. The molecule has 14 heteroatoms. The van der Waals surface area contributed by atoms with Crippen molar-refractivity contribution in [3.63, 3.8) is 0 Å². The van der Waals surface area contributed by atoms with E-state index in [1.807, 2.05) is 60.7 Å². The third kappa shape index (κ3) is 12.3.